The van der Waals surface area contributed by atoms with Crippen LogP contribution in [0.2, 0.25) is 5.02 Å². The van der Waals surface area contributed by atoms with Gasteiger partial charge in [0.2, 0.25) is 0 Å². The Morgan fingerprint density at radius 1 is 1.04 bits per heavy atom. The fourth-order valence-electron chi connectivity index (χ4n) is 2.60. The molecule has 0 atom stereocenters. The molecule has 2 aromatic rings. The van der Waals surface area contributed by atoms with Crippen LogP contribution in [-0.2, 0) is 13.2 Å². The van der Waals surface area contributed by atoms with E-state index >= 15 is 0 Å². The van der Waals surface area contributed by atoms with Gasteiger partial charge < -0.3 is 14.8 Å². The van der Waals surface area contributed by atoms with E-state index in [2.05, 4.69) is 12.2 Å². The quantitative estimate of drug-likeness (QED) is 0.505. The minimum atomic E-state index is -0.372. The predicted octanol–water partition coefficient (Wildman–Crippen LogP) is 5.74. The Kier molecular flexibility index (Phi) is 8.72. The smallest absolute Gasteiger partial charge is 0.161 e. The van der Waals surface area contributed by atoms with Gasteiger partial charge in [-0.25, -0.2) is 4.39 Å². The van der Waals surface area contributed by atoms with E-state index < -0.39 is 0 Å². The Bertz CT molecular complexity index is 673. The lowest BCUT2D eigenvalue weighted by Gasteiger charge is -2.14. The molecular formula is C21H27ClFNO2. The fraction of sp³-hybridized carbons (Fsp3) is 0.429. The van der Waals surface area contributed by atoms with Crippen LogP contribution in [0.25, 0.3) is 0 Å². The first-order valence-corrected chi connectivity index (χ1v) is 9.55. The highest BCUT2D eigenvalue weighted by Crippen LogP contribution is 2.30. The zero-order valence-corrected chi connectivity index (χ0v) is 16.2. The minimum Gasteiger partial charge on any atom is -0.490 e. The summed E-state index contributed by atoms with van der Waals surface area (Å²) in [4.78, 5) is 0. The van der Waals surface area contributed by atoms with Gasteiger partial charge in [-0.3, -0.25) is 0 Å². The molecule has 5 heteroatoms. The first-order valence-electron chi connectivity index (χ1n) is 9.17. The van der Waals surface area contributed by atoms with Crippen molar-refractivity contribution in [3.63, 3.8) is 0 Å². The van der Waals surface area contributed by atoms with Crippen molar-refractivity contribution in [2.75, 3.05) is 13.2 Å². The minimum absolute atomic E-state index is 0.0557. The van der Waals surface area contributed by atoms with E-state index in [1.807, 2.05) is 25.1 Å². The van der Waals surface area contributed by atoms with E-state index in [-0.39, 0.29) is 12.4 Å². The molecule has 1 N–H and O–H groups in total. The van der Waals surface area contributed by atoms with Crippen LogP contribution in [0.1, 0.15) is 44.2 Å². The van der Waals surface area contributed by atoms with E-state index in [0.29, 0.717) is 28.7 Å². The summed E-state index contributed by atoms with van der Waals surface area (Å²) in [5.74, 6) is 0.872. The van der Waals surface area contributed by atoms with Crippen molar-refractivity contribution in [3.8, 4) is 11.5 Å². The van der Waals surface area contributed by atoms with Crippen LogP contribution in [0.15, 0.2) is 36.4 Å². The van der Waals surface area contributed by atoms with Crippen LogP contribution in [0.4, 0.5) is 4.39 Å². The van der Waals surface area contributed by atoms with Crippen LogP contribution in [0.3, 0.4) is 0 Å². The molecule has 0 heterocycles. The Hall–Kier alpha value is -1.78. The molecule has 0 unspecified atom stereocenters. The number of benzene rings is 2. The maximum absolute atomic E-state index is 13.9. The Morgan fingerprint density at radius 3 is 2.62 bits per heavy atom. The molecule has 26 heavy (non-hydrogen) atoms. The van der Waals surface area contributed by atoms with Crippen molar-refractivity contribution in [2.45, 2.75) is 46.3 Å². The number of hydrogen-bond acceptors (Lipinski definition) is 3. The Morgan fingerprint density at radius 2 is 1.88 bits per heavy atom. The van der Waals surface area contributed by atoms with Gasteiger partial charge >= 0.3 is 0 Å². The molecule has 0 aliphatic carbocycles. The molecular weight excluding hydrogens is 353 g/mol. The van der Waals surface area contributed by atoms with Crippen molar-refractivity contribution < 1.29 is 13.9 Å². The fourth-order valence-corrected chi connectivity index (χ4v) is 2.82. The van der Waals surface area contributed by atoms with Gasteiger partial charge in [0.15, 0.2) is 11.5 Å². The lowest BCUT2D eigenvalue weighted by Crippen LogP contribution is -2.14. The summed E-state index contributed by atoms with van der Waals surface area (Å²) < 4.78 is 25.4. The second kappa shape index (κ2) is 11.0. The number of unbranched alkanes of at least 4 members (excludes halogenated alkanes) is 2. The summed E-state index contributed by atoms with van der Waals surface area (Å²) >= 11 is 6.06. The molecule has 0 saturated heterocycles. The van der Waals surface area contributed by atoms with Crippen molar-refractivity contribution in [3.05, 3.63) is 58.4 Å². The van der Waals surface area contributed by atoms with Gasteiger partial charge in [-0.05, 0) is 49.7 Å². The van der Waals surface area contributed by atoms with Gasteiger partial charge in [0.25, 0.3) is 0 Å². The van der Waals surface area contributed by atoms with E-state index in [1.165, 1.54) is 25.3 Å². The van der Waals surface area contributed by atoms with Crippen LogP contribution in [0, 0.1) is 5.82 Å². The monoisotopic (exact) mass is 379 g/mol. The van der Waals surface area contributed by atoms with Gasteiger partial charge in [-0.15, -0.1) is 0 Å². The molecule has 2 rings (SSSR count). The molecule has 0 saturated carbocycles. The first kappa shape index (κ1) is 20.5. The van der Waals surface area contributed by atoms with Crippen molar-refractivity contribution in [1.82, 2.24) is 5.32 Å². The Balaban J connectivity index is 2.01. The van der Waals surface area contributed by atoms with Crippen molar-refractivity contribution in [2.24, 2.45) is 0 Å². The molecule has 0 aliphatic heterocycles. The zero-order chi connectivity index (χ0) is 18.8. The highest BCUT2D eigenvalue weighted by Gasteiger charge is 2.11. The maximum Gasteiger partial charge on any atom is 0.161 e. The van der Waals surface area contributed by atoms with Crippen LogP contribution >= 0.6 is 11.6 Å². The lowest BCUT2D eigenvalue weighted by molar-refractivity contribution is 0.265. The summed E-state index contributed by atoms with van der Waals surface area (Å²) in [7, 11) is 0. The van der Waals surface area contributed by atoms with Gasteiger partial charge in [0.05, 0.1) is 11.6 Å². The predicted molar refractivity (Wildman–Crippen MR) is 105 cm³/mol. The van der Waals surface area contributed by atoms with Crippen LogP contribution in [-0.4, -0.2) is 13.2 Å². The van der Waals surface area contributed by atoms with Crippen molar-refractivity contribution >= 4 is 11.6 Å². The summed E-state index contributed by atoms with van der Waals surface area (Å²) in [6, 6.07) is 10.4. The molecule has 2 aromatic carbocycles. The van der Waals surface area contributed by atoms with Gasteiger partial charge in [0.1, 0.15) is 12.4 Å². The summed E-state index contributed by atoms with van der Waals surface area (Å²) in [6.07, 6.45) is 3.64. The second-order valence-electron chi connectivity index (χ2n) is 6.09. The van der Waals surface area contributed by atoms with Crippen LogP contribution in [0.5, 0.6) is 11.5 Å². The average molecular weight is 380 g/mol. The zero-order valence-electron chi connectivity index (χ0n) is 15.5. The SMILES string of the molecule is CCCCCNCc1ccc(OCc2c(F)cccc2Cl)c(OCC)c1. The molecule has 0 amide bonds. The Labute approximate surface area is 160 Å². The molecule has 0 fully saturated rings. The summed E-state index contributed by atoms with van der Waals surface area (Å²) in [5, 5.41) is 3.79. The summed E-state index contributed by atoms with van der Waals surface area (Å²) in [5.41, 5.74) is 1.47. The first-order chi connectivity index (χ1) is 12.7. The maximum atomic E-state index is 13.9. The number of halogens is 2. The number of hydrogen-bond donors (Lipinski definition) is 1. The van der Waals surface area contributed by atoms with Gasteiger partial charge in [-0.1, -0.05) is 43.5 Å². The van der Waals surface area contributed by atoms with Gasteiger partial charge in [-0.2, -0.15) is 0 Å². The third-order valence-corrected chi connectivity index (χ3v) is 4.38. The van der Waals surface area contributed by atoms with Crippen molar-refractivity contribution in [1.29, 1.82) is 0 Å². The lowest BCUT2D eigenvalue weighted by atomic mass is 10.2. The normalized spacial score (nSPS) is 10.8. The number of nitrogens with one attached hydrogen (secondary N) is 1. The molecule has 0 aliphatic rings. The van der Waals surface area contributed by atoms with E-state index in [1.54, 1.807) is 12.1 Å². The topological polar surface area (TPSA) is 30.5 Å². The summed E-state index contributed by atoms with van der Waals surface area (Å²) in [6.45, 7) is 6.49. The molecule has 0 aromatic heterocycles. The second-order valence-corrected chi connectivity index (χ2v) is 6.49. The molecule has 0 spiro atoms. The molecule has 0 bridgehead atoms. The third kappa shape index (κ3) is 6.19. The molecule has 0 radical (unpaired) electrons. The third-order valence-electron chi connectivity index (χ3n) is 4.03. The number of rotatable bonds is 11. The van der Waals surface area contributed by atoms with E-state index in [0.717, 1.165) is 18.7 Å². The standard InChI is InChI=1S/C21H27ClFNO2/c1-3-5-6-12-24-14-16-10-11-20(21(13-16)25-4-2)26-15-17-18(22)8-7-9-19(17)23/h7-11,13,24H,3-6,12,14-15H2,1-2H3. The molecule has 3 nitrogen and oxygen atoms in total. The average Bonchev–Trinajstić information content (AvgIpc) is 2.63. The highest BCUT2D eigenvalue weighted by atomic mass is 35.5. The highest BCUT2D eigenvalue weighted by molar-refractivity contribution is 6.31. The van der Waals surface area contributed by atoms with E-state index in [4.69, 9.17) is 21.1 Å². The van der Waals surface area contributed by atoms with Crippen LogP contribution < -0.4 is 14.8 Å². The number of ether oxygens (including phenoxy) is 2. The van der Waals surface area contributed by atoms with E-state index in [9.17, 15) is 4.39 Å². The molecule has 142 valence electrons. The largest absolute Gasteiger partial charge is 0.490 e. The van der Waals surface area contributed by atoms with Gasteiger partial charge in [0, 0.05) is 12.1 Å².